The normalized spacial score (nSPS) is 25.1. The number of hydrogen-bond acceptors (Lipinski definition) is 3. The van der Waals surface area contributed by atoms with Gasteiger partial charge >= 0.3 is 0 Å². The molecule has 2 heterocycles. The smallest absolute Gasteiger partial charge is 0.222 e. The van der Waals surface area contributed by atoms with Gasteiger partial charge in [-0.05, 0) is 26.3 Å². The molecular weight excluding hydrogens is 190 g/mol. The van der Waals surface area contributed by atoms with E-state index in [1.165, 1.54) is 0 Å². The van der Waals surface area contributed by atoms with E-state index in [9.17, 15) is 4.79 Å². The van der Waals surface area contributed by atoms with E-state index in [-0.39, 0.29) is 0 Å². The van der Waals surface area contributed by atoms with Gasteiger partial charge in [-0.25, -0.2) is 0 Å². The summed E-state index contributed by atoms with van der Waals surface area (Å²) in [5.74, 6) is 0.377. The van der Waals surface area contributed by atoms with Crippen LogP contribution < -0.4 is 5.32 Å². The molecule has 0 bridgehead atoms. The second-order valence-corrected chi connectivity index (χ2v) is 4.55. The summed E-state index contributed by atoms with van der Waals surface area (Å²) in [6, 6.07) is 0.521. The number of rotatable bonds is 3. The summed E-state index contributed by atoms with van der Waals surface area (Å²) in [5.41, 5.74) is 0. The Morgan fingerprint density at radius 3 is 2.60 bits per heavy atom. The molecule has 0 atom stereocenters. The first-order valence-corrected chi connectivity index (χ1v) is 5.97. The van der Waals surface area contributed by atoms with Gasteiger partial charge in [-0.3, -0.25) is 9.69 Å². The lowest BCUT2D eigenvalue weighted by Crippen LogP contribution is -2.47. The summed E-state index contributed by atoms with van der Waals surface area (Å²) >= 11 is 0. The lowest BCUT2D eigenvalue weighted by atomic mass is 10.0. The van der Waals surface area contributed by atoms with Gasteiger partial charge in [-0.15, -0.1) is 0 Å². The number of carbonyl (C=O) groups excluding carboxylic acids is 1. The lowest BCUT2D eigenvalue weighted by Gasteiger charge is -2.36. The number of amides is 1. The van der Waals surface area contributed by atoms with Crippen molar-refractivity contribution in [3.8, 4) is 0 Å². The van der Waals surface area contributed by atoms with Crippen molar-refractivity contribution in [2.75, 3.05) is 33.4 Å². The zero-order valence-electron chi connectivity index (χ0n) is 9.54. The molecule has 0 aromatic heterocycles. The van der Waals surface area contributed by atoms with E-state index < -0.39 is 0 Å². The molecular formula is C11H21N3O. The predicted molar refractivity (Wildman–Crippen MR) is 59.5 cm³/mol. The van der Waals surface area contributed by atoms with Gasteiger partial charge in [0.1, 0.15) is 0 Å². The highest BCUT2D eigenvalue weighted by Gasteiger charge is 2.30. The van der Waals surface area contributed by atoms with Gasteiger partial charge < -0.3 is 10.2 Å². The van der Waals surface area contributed by atoms with E-state index in [0.717, 1.165) is 52.0 Å². The van der Waals surface area contributed by atoms with E-state index >= 15 is 0 Å². The van der Waals surface area contributed by atoms with Crippen LogP contribution in [0, 0.1) is 0 Å². The first-order valence-electron chi connectivity index (χ1n) is 5.97. The molecule has 0 aromatic rings. The Morgan fingerprint density at radius 2 is 2.07 bits per heavy atom. The summed E-state index contributed by atoms with van der Waals surface area (Å²) in [7, 11) is 1.98. The van der Waals surface area contributed by atoms with Crippen molar-refractivity contribution in [3.63, 3.8) is 0 Å². The highest BCUT2D eigenvalue weighted by molar-refractivity contribution is 5.78. The van der Waals surface area contributed by atoms with Crippen LogP contribution >= 0.6 is 0 Å². The third-order valence-corrected chi connectivity index (χ3v) is 3.49. The highest BCUT2D eigenvalue weighted by Crippen LogP contribution is 2.21. The maximum absolute atomic E-state index is 11.6. The Morgan fingerprint density at radius 1 is 1.33 bits per heavy atom. The largest absolute Gasteiger partial charge is 0.340 e. The second-order valence-electron chi connectivity index (χ2n) is 4.55. The van der Waals surface area contributed by atoms with Gasteiger partial charge in [0.2, 0.25) is 5.91 Å². The van der Waals surface area contributed by atoms with E-state index in [4.69, 9.17) is 0 Å². The van der Waals surface area contributed by atoms with Crippen molar-refractivity contribution >= 4 is 5.91 Å². The fourth-order valence-electron chi connectivity index (χ4n) is 2.67. The van der Waals surface area contributed by atoms with Gasteiger partial charge in [0.05, 0.1) is 0 Å². The Bertz CT molecular complexity index is 224. The maximum atomic E-state index is 11.6. The van der Waals surface area contributed by atoms with Crippen LogP contribution in [0.25, 0.3) is 0 Å². The van der Waals surface area contributed by atoms with Crippen molar-refractivity contribution in [2.24, 2.45) is 0 Å². The monoisotopic (exact) mass is 211 g/mol. The number of likely N-dealkylation sites (tertiary alicyclic amines) is 2. The SMILES string of the molecule is CNCN1CCC(N2CCCC2=O)CC1. The van der Waals surface area contributed by atoms with Crippen molar-refractivity contribution in [1.29, 1.82) is 0 Å². The molecule has 15 heavy (non-hydrogen) atoms. The van der Waals surface area contributed by atoms with Gasteiger partial charge in [0.25, 0.3) is 0 Å². The number of carbonyl (C=O) groups is 1. The minimum Gasteiger partial charge on any atom is -0.340 e. The molecule has 0 unspecified atom stereocenters. The van der Waals surface area contributed by atoms with E-state index in [2.05, 4.69) is 15.1 Å². The zero-order valence-corrected chi connectivity index (χ0v) is 9.54. The molecule has 0 aliphatic carbocycles. The molecule has 0 spiro atoms. The van der Waals surface area contributed by atoms with Crippen LogP contribution in [0.3, 0.4) is 0 Å². The van der Waals surface area contributed by atoms with Crippen LogP contribution in [-0.4, -0.2) is 55.1 Å². The Kier molecular flexibility index (Phi) is 3.59. The van der Waals surface area contributed by atoms with Gasteiger partial charge in [-0.1, -0.05) is 0 Å². The Balaban J connectivity index is 1.80. The molecule has 0 radical (unpaired) electrons. The Labute approximate surface area is 91.6 Å². The number of hydrogen-bond donors (Lipinski definition) is 1. The summed E-state index contributed by atoms with van der Waals surface area (Å²) in [6.07, 6.45) is 4.13. The summed E-state index contributed by atoms with van der Waals surface area (Å²) in [6.45, 7) is 4.21. The van der Waals surface area contributed by atoms with Crippen LogP contribution in [-0.2, 0) is 4.79 Å². The van der Waals surface area contributed by atoms with Gasteiger partial charge in [-0.2, -0.15) is 0 Å². The molecule has 2 aliphatic heterocycles. The molecule has 2 rings (SSSR count). The first kappa shape index (κ1) is 10.9. The molecule has 0 saturated carbocycles. The summed E-state index contributed by atoms with van der Waals surface area (Å²) in [5, 5.41) is 3.18. The molecule has 4 heteroatoms. The predicted octanol–water partition coefficient (Wildman–Crippen LogP) is 0.250. The highest BCUT2D eigenvalue weighted by atomic mass is 16.2. The molecule has 2 aliphatic rings. The van der Waals surface area contributed by atoms with Crippen LogP contribution in [0.1, 0.15) is 25.7 Å². The molecule has 0 aromatic carbocycles. The molecule has 86 valence electrons. The molecule has 1 N–H and O–H groups in total. The number of nitrogens with zero attached hydrogens (tertiary/aromatic N) is 2. The molecule has 2 saturated heterocycles. The average molecular weight is 211 g/mol. The lowest BCUT2D eigenvalue weighted by molar-refractivity contribution is -0.130. The first-order chi connectivity index (χ1) is 7.31. The van der Waals surface area contributed by atoms with Crippen molar-refractivity contribution in [1.82, 2.24) is 15.1 Å². The standard InChI is InChI=1S/C11H21N3O/c1-12-9-13-7-4-10(5-8-13)14-6-2-3-11(14)15/h10,12H,2-9H2,1H3. The van der Waals surface area contributed by atoms with Crippen molar-refractivity contribution in [2.45, 2.75) is 31.7 Å². The summed E-state index contributed by atoms with van der Waals surface area (Å²) < 4.78 is 0. The van der Waals surface area contributed by atoms with Crippen molar-refractivity contribution < 1.29 is 4.79 Å². The quantitative estimate of drug-likeness (QED) is 0.727. The third-order valence-electron chi connectivity index (χ3n) is 3.49. The van der Waals surface area contributed by atoms with Crippen LogP contribution in [0.5, 0.6) is 0 Å². The summed E-state index contributed by atoms with van der Waals surface area (Å²) in [4.78, 5) is 16.1. The van der Waals surface area contributed by atoms with Crippen molar-refractivity contribution in [3.05, 3.63) is 0 Å². The molecule has 2 fully saturated rings. The topological polar surface area (TPSA) is 35.6 Å². The fourth-order valence-corrected chi connectivity index (χ4v) is 2.67. The van der Waals surface area contributed by atoms with Gasteiger partial charge in [0, 0.05) is 38.8 Å². The van der Waals surface area contributed by atoms with Crippen LogP contribution in [0.2, 0.25) is 0 Å². The Hall–Kier alpha value is -0.610. The maximum Gasteiger partial charge on any atom is 0.222 e. The number of nitrogens with one attached hydrogen (secondary N) is 1. The minimum absolute atomic E-state index is 0.377. The van der Waals surface area contributed by atoms with Crippen LogP contribution in [0.4, 0.5) is 0 Å². The number of piperidine rings is 1. The van der Waals surface area contributed by atoms with E-state index in [1.54, 1.807) is 0 Å². The van der Waals surface area contributed by atoms with E-state index in [1.807, 2.05) is 7.05 Å². The molecule has 4 nitrogen and oxygen atoms in total. The fraction of sp³-hybridized carbons (Fsp3) is 0.909. The average Bonchev–Trinajstić information content (AvgIpc) is 2.66. The molecule has 1 amide bonds. The van der Waals surface area contributed by atoms with Crippen LogP contribution in [0.15, 0.2) is 0 Å². The minimum atomic E-state index is 0.377. The third kappa shape index (κ3) is 2.49. The second kappa shape index (κ2) is 4.94. The van der Waals surface area contributed by atoms with Gasteiger partial charge in [0.15, 0.2) is 0 Å². The zero-order chi connectivity index (χ0) is 10.7. The van der Waals surface area contributed by atoms with E-state index in [0.29, 0.717) is 11.9 Å².